The van der Waals surface area contributed by atoms with Crippen LogP contribution < -0.4 is 28.9 Å². The minimum atomic E-state index is 0. The van der Waals surface area contributed by atoms with E-state index in [1.165, 1.54) is 64.2 Å². The van der Waals surface area contributed by atoms with E-state index in [1.54, 1.807) is 45.3 Å². The van der Waals surface area contributed by atoms with Gasteiger partial charge in [0.15, 0.2) is 0 Å². The van der Waals surface area contributed by atoms with E-state index in [0.717, 1.165) is 169 Å². The van der Waals surface area contributed by atoms with Gasteiger partial charge in [0, 0.05) is 31.6 Å². The third-order valence-corrected chi connectivity index (χ3v) is 19.7. The standard InChI is InChI=1S/C72H76N4O4S4.Cu/c1-5-9-13-23-39-77-51-43-65(81-47-51)71-61(79-41-25-15-11-7-3)45-63(83-71)69-57-35-31-53(73-57)67(49-27-19-17-20-28-49)55-33-37-59(75-55)70(60-38-34-56(76-60)68(50-29-21-18-22-30-50)54-32-36-58(69)74-54)64-46-62(80-42-26-16-12-8-4)72(84-64)66-44-52(48-82-66)78-40-24-14-10-6-2;/h17-22,27-38,43-48H,5-16,23-26,39-42H2,1-4H3;/q-2;+2. The van der Waals surface area contributed by atoms with Gasteiger partial charge in [0.05, 0.1) is 68.7 Å². The maximum Gasteiger partial charge on any atom is 2.00 e. The summed E-state index contributed by atoms with van der Waals surface area (Å²) in [6, 6.07) is 38.5. The molecule has 1 radical (unpaired) electrons. The molecule has 9 aromatic rings. The molecular weight excluding hydrogens is 1180 g/mol. The first-order chi connectivity index (χ1) is 41.5. The molecule has 8 nitrogen and oxygen atoms in total. The Balaban J connectivity index is 0.00000803. The summed E-state index contributed by atoms with van der Waals surface area (Å²) in [6.45, 7) is 11.7. The van der Waals surface area contributed by atoms with Crippen molar-refractivity contribution in [2.24, 2.45) is 0 Å². The molecule has 0 amide bonds. The Bertz CT molecular complexity index is 3600. The van der Waals surface area contributed by atoms with Gasteiger partial charge in [-0.05, 0) is 96.5 Å². The van der Waals surface area contributed by atoms with Gasteiger partial charge >= 0.3 is 17.1 Å². The van der Waals surface area contributed by atoms with E-state index in [-0.39, 0.29) is 17.1 Å². The molecule has 0 N–H and O–H groups in total. The first-order valence-electron chi connectivity index (χ1n) is 30.6. The van der Waals surface area contributed by atoms with Crippen LogP contribution in [0.5, 0.6) is 23.0 Å². The zero-order valence-electron chi connectivity index (χ0n) is 49.4. The smallest absolute Gasteiger partial charge is 0.657 e. The number of aromatic nitrogens is 4. The van der Waals surface area contributed by atoms with Crippen LogP contribution in [-0.4, -0.2) is 36.4 Å². The molecule has 85 heavy (non-hydrogen) atoms. The Morgan fingerprint density at radius 3 is 1.07 bits per heavy atom. The van der Waals surface area contributed by atoms with E-state index < -0.39 is 0 Å². The predicted molar refractivity (Wildman–Crippen MR) is 359 cm³/mol. The second-order valence-electron chi connectivity index (χ2n) is 21.6. The fourth-order valence-electron chi connectivity index (χ4n) is 10.8. The molecule has 8 bridgehead atoms. The van der Waals surface area contributed by atoms with Gasteiger partial charge in [0.2, 0.25) is 0 Å². The second-order valence-corrected chi connectivity index (χ2v) is 25.6. The van der Waals surface area contributed by atoms with Crippen LogP contribution in [0.3, 0.4) is 0 Å². The number of thiophene rings is 4. The number of hydrogen-bond donors (Lipinski definition) is 0. The Morgan fingerprint density at radius 1 is 0.365 bits per heavy atom. The largest absolute Gasteiger partial charge is 2.00 e. The van der Waals surface area contributed by atoms with Crippen molar-refractivity contribution in [3.05, 3.63) is 143 Å². The first kappa shape index (κ1) is 61.6. The van der Waals surface area contributed by atoms with Gasteiger partial charge in [-0.1, -0.05) is 190 Å². The molecule has 0 aliphatic carbocycles. The molecular formula is C72H76CuN4O4S4. The summed E-state index contributed by atoms with van der Waals surface area (Å²) in [4.78, 5) is 29.0. The molecule has 0 spiro atoms. The Kier molecular flexibility index (Phi) is 22.3. The van der Waals surface area contributed by atoms with E-state index in [2.05, 4.69) is 172 Å². The molecule has 2 aromatic carbocycles. The van der Waals surface area contributed by atoms with E-state index in [9.17, 15) is 0 Å². The molecule has 9 heterocycles. The maximum atomic E-state index is 6.80. The number of unbranched alkanes of at least 4 members (excludes halogenated alkanes) is 12. The topological polar surface area (TPSA) is 90.9 Å². The summed E-state index contributed by atoms with van der Waals surface area (Å²) in [5.74, 6) is 3.55. The van der Waals surface area contributed by atoms with Crippen LogP contribution in [0.2, 0.25) is 0 Å². The van der Waals surface area contributed by atoms with Gasteiger partial charge in [0.25, 0.3) is 0 Å². The number of fused-ring (bicyclic) bond motifs is 8. The van der Waals surface area contributed by atoms with Crippen LogP contribution in [0, 0.1) is 0 Å². The molecule has 2 aliphatic heterocycles. The van der Waals surface area contributed by atoms with Crippen molar-refractivity contribution >= 4 is 91.7 Å². The van der Waals surface area contributed by atoms with Crippen LogP contribution in [0.1, 0.15) is 153 Å². The summed E-state index contributed by atoms with van der Waals surface area (Å²) in [6.07, 6.45) is 26.9. The van der Waals surface area contributed by atoms with Gasteiger partial charge in [-0.15, -0.1) is 67.4 Å². The van der Waals surface area contributed by atoms with E-state index >= 15 is 0 Å². The molecule has 0 saturated carbocycles. The summed E-state index contributed by atoms with van der Waals surface area (Å²) >= 11 is 6.87. The van der Waals surface area contributed by atoms with Crippen molar-refractivity contribution in [3.8, 4) is 85.6 Å². The molecule has 7 aromatic heterocycles. The SMILES string of the molecule is CCCCCCOc1csc(-c2sc(-c3c4nc(c(-c5ccccc5)c5ccc([n-]5)c(-c5cc(OCCCCCC)c(-c6cc(OCCCCCC)cs6)s5)c5nc(c(-c6ccccc6)c6ccc3[n-]6)C=C5)C=C4)cc2OCCCCCC)c1.[Cu+2]. The number of hydrogen-bond acceptors (Lipinski definition) is 10. The minimum absolute atomic E-state index is 0. The quantitative estimate of drug-likeness (QED) is 0.0325. The molecule has 11 rings (SSSR count). The third-order valence-electron chi connectivity index (χ3n) is 15.3. The normalized spacial score (nSPS) is 11.8. The summed E-state index contributed by atoms with van der Waals surface area (Å²) in [7, 11) is 0. The Morgan fingerprint density at radius 2 is 0.706 bits per heavy atom. The number of ether oxygens (including phenoxy) is 4. The summed E-state index contributed by atoms with van der Waals surface area (Å²) in [5.41, 5.74) is 12.4. The molecule has 0 atom stereocenters. The van der Waals surface area contributed by atoms with Crippen molar-refractivity contribution in [1.82, 2.24) is 19.9 Å². The molecule has 13 heteroatoms. The average molecular weight is 1250 g/mol. The zero-order valence-corrected chi connectivity index (χ0v) is 53.6. The van der Waals surface area contributed by atoms with E-state index in [4.69, 9.17) is 38.9 Å². The average Bonchev–Trinajstić information content (AvgIpc) is 4.37. The van der Waals surface area contributed by atoms with E-state index in [0.29, 0.717) is 26.4 Å². The Hall–Kier alpha value is -6.44. The van der Waals surface area contributed by atoms with Gasteiger partial charge in [-0.3, -0.25) is 0 Å². The molecule has 0 fully saturated rings. The van der Waals surface area contributed by atoms with Crippen molar-refractivity contribution in [1.29, 1.82) is 0 Å². The number of nitrogens with zero attached hydrogens (tertiary/aromatic N) is 4. The fourth-order valence-corrected chi connectivity index (χ4v) is 15.1. The van der Waals surface area contributed by atoms with Gasteiger partial charge in [-0.25, -0.2) is 9.97 Å². The second kappa shape index (κ2) is 30.8. The van der Waals surface area contributed by atoms with Crippen molar-refractivity contribution in [2.75, 3.05) is 26.4 Å². The third kappa shape index (κ3) is 15.0. The molecule has 2 aliphatic rings. The van der Waals surface area contributed by atoms with Crippen molar-refractivity contribution in [3.63, 3.8) is 0 Å². The van der Waals surface area contributed by atoms with E-state index in [1.807, 2.05) is 0 Å². The summed E-state index contributed by atoms with van der Waals surface area (Å²) in [5, 5.41) is 4.27. The van der Waals surface area contributed by atoms with Gasteiger partial charge < -0.3 is 28.9 Å². The maximum absolute atomic E-state index is 6.80. The van der Waals surface area contributed by atoms with Gasteiger partial charge in [0.1, 0.15) is 23.0 Å². The number of rotatable bonds is 30. The first-order valence-corrected chi connectivity index (χ1v) is 34.0. The Labute approximate surface area is 529 Å². The molecule has 0 unspecified atom stereocenters. The molecule has 0 saturated heterocycles. The zero-order chi connectivity index (χ0) is 57.5. The van der Waals surface area contributed by atoms with Crippen LogP contribution in [0.4, 0.5) is 0 Å². The fraction of sp³-hybridized carbons (Fsp3) is 0.333. The van der Waals surface area contributed by atoms with Crippen LogP contribution in [0.15, 0.2) is 120 Å². The monoisotopic (exact) mass is 1250 g/mol. The van der Waals surface area contributed by atoms with Crippen LogP contribution >= 0.6 is 45.3 Å². The minimum Gasteiger partial charge on any atom is -0.657 e. The van der Waals surface area contributed by atoms with Crippen LogP contribution in [0.25, 0.3) is 109 Å². The van der Waals surface area contributed by atoms with Gasteiger partial charge in [-0.2, -0.15) is 0 Å². The predicted octanol–water partition coefficient (Wildman–Crippen LogP) is 22.0. The van der Waals surface area contributed by atoms with Crippen LogP contribution in [-0.2, 0) is 17.1 Å². The summed E-state index contributed by atoms with van der Waals surface area (Å²) < 4.78 is 26.3. The van der Waals surface area contributed by atoms with Crippen molar-refractivity contribution < 1.29 is 36.0 Å². The van der Waals surface area contributed by atoms with Crippen molar-refractivity contribution in [2.45, 2.75) is 130 Å². The molecule has 443 valence electrons. The number of benzene rings is 2.